The van der Waals surface area contributed by atoms with Crippen LogP contribution in [0.2, 0.25) is 0 Å². The zero-order valence-electron chi connectivity index (χ0n) is 9.52. The van der Waals surface area contributed by atoms with Crippen LogP contribution >= 0.6 is 0 Å². The molecule has 2 atom stereocenters. The minimum absolute atomic E-state index is 0.129. The van der Waals surface area contributed by atoms with Gasteiger partial charge in [-0.15, -0.1) is 0 Å². The molecule has 2 unspecified atom stereocenters. The third-order valence-electron chi connectivity index (χ3n) is 2.98. The van der Waals surface area contributed by atoms with Crippen molar-refractivity contribution in [1.82, 2.24) is 0 Å². The minimum atomic E-state index is -5.37. The van der Waals surface area contributed by atoms with E-state index in [2.05, 4.69) is 0 Å². The minimum Gasteiger partial charge on any atom is -0.378 e. The highest BCUT2D eigenvalue weighted by Crippen LogP contribution is 2.41. The van der Waals surface area contributed by atoms with Crippen LogP contribution in [0, 0.1) is 5.92 Å². The Hall–Kier alpha value is -0.500. The van der Waals surface area contributed by atoms with Crippen molar-refractivity contribution in [3.8, 4) is 0 Å². The summed E-state index contributed by atoms with van der Waals surface area (Å²) in [6.07, 6.45) is -9.78. The van der Waals surface area contributed by atoms with E-state index in [0.29, 0.717) is 13.0 Å². The molecule has 1 rings (SSSR count). The van der Waals surface area contributed by atoms with Gasteiger partial charge in [0.2, 0.25) is 0 Å². The number of hydrogen-bond acceptors (Lipinski definition) is 2. The third-order valence-corrected chi connectivity index (χ3v) is 2.98. The van der Waals surface area contributed by atoms with Gasteiger partial charge >= 0.3 is 12.4 Å². The van der Waals surface area contributed by atoms with Crippen molar-refractivity contribution in [2.75, 3.05) is 6.61 Å². The first-order valence-electron chi connectivity index (χ1n) is 5.63. The van der Waals surface area contributed by atoms with E-state index >= 15 is 0 Å². The molecule has 2 nitrogen and oxygen atoms in total. The lowest BCUT2D eigenvalue weighted by molar-refractivity contribution is -0.289. The fourth-order valence-corrected chi connectivity index (χ4v) is 2.09. The molecule has 0 bridgehead atoms. The monoisotopic (exact) mass is 279 g/mol. The zero-order valence-corrected chi connectivity index (χ0v) is 9.52. The van der Waals surface area contributed by atoms with Gasteiger partial charge in [-0.25, -0.2) is 0 Å². The first kappa shape index (κ1) is 15.6. The Morgan fingerprint density at radius 2 is 1.67 bits per heavy atom. The predicted octanol–water partition coefficient (Wildman–Crippen LogP) is 3.01. The summed E-state index contributed by atoms with van der Waals surface area (Å²) < 4.78 is 79.2. The van der Waals surface area contributed by atoms with Gasteiger partial charge in [-0.2, -0.15) is 26.3 Å². The lowest BCUT2D eigenvalue weighted by Gasteiger charge is -2.28. The molecule has 0 amide bonds. The van der Waals surface area contributed by atoms with Crippen molar-refractivity contribution >= 4 is 0 Å². The third kappa shape index (κ3) is 4.31. The summed E-state index contributed by atoms with van der Waals surface area (Å²) in [7, 11) is 0. The van der Waals surface area contributed by atoms with E-state index < -0.39 is 24.3 Å². The largest absolute Gasteiger partial charge is 0.401 e. The average molecular weight is 279 g/mol. The average Bonchev–Trinajstić information content (AvgIpc) is 2.61. The van der Waals surface area contributed by atoms with Gasteiger partial charge in [-0.05, 0) is 25.7 Å². The Bertz CT molecular complexity index is 244. The van der Waals surface area contributed by atoms with Crippen LogP contribution in [-0.4, -0.2) is 31.1 Å². The molecular weight excluding hydrogens is 264 g/mol. The quantitative estimate of drug-likeness (QED) is 0.803. The molecule has 1 heterocycles. The molecule has 1 saturated heterocycles. The molecule has 0 aromatic heterocycles. The Kier molecular flexibility index (Phi) is 4.88. The van der Waals surface area contributed by atoms with Gasteiger partial charge in [-0.1, -0.05) is 0 Å². The number of ether oxygens (including phenoxy) is 1. The van der Waals surface area contributed by atoms with E-state index in [-0.39, 0.29) is 18.9 Å². The molecule has 0 aromatic rings. The number of rotatable bonds is 4. The maximum Gasteiger partial charge on any atom is 0.401 e. The Labute approximate surface area is 100 Å². The zero-order chi connectivity index (χ0) is 14.0. The van der Waals surface area contributed by atoms with Crippen LogP contribution in [0.5, 0.6) is 0 Å². The standard InChI is InChI=1S/C10H15F6NO/c11-9(12,13)8(10(14,15)16)7(17)4-3-6-2-1-5-18-6/h6-8H,1-5,17H2. The van der Waals surface area contributed by atoms with Gasteiger partial charge in [0.25, 0.3) is 0 Å². The van der Waals surface area contributed by atoms with Crippen molar-refractivity contribution in [3.63, 3.8) is 0 Å². The van der Waals surface area contributed by atoms with E-state index in [1.807, 2.05) is 0 Å². The van der Waals surface area contributed by atoms with Crippen LogP contribution in [0.15, 0.2) is 0 Å². The number of nitrogens with two attached hydrogens (primary N) is 1. The molecule has 1 aliphatic rings. The maximum atomic E-state index is 12.3. The second kappa shape index (κ2) is 5.64. The Balaban J connectivity index is 2.56. The molecule has 8 heteroatoms. The molecule has 1 fully saturated rings. The van der Waals surface area contributed by atoms with Crippen LogP contribution in [0.4, 0.5) is 26.3 Å². The molecule has 108 valence electrons. The number of alkyl halides is 6. The first-order chi connectivity index (χ1) is 8.12. The maximum absolute atomic E-state index is 12.3. The SMILES string of the molecule is NC(CCC1CCCO1)C(C(F)(F)F)C(F)(F)F. The first-order valence-corrected chi connectivity index (χ1v) is 5.63. The van der Waals surface area contributed by atoms with Crippen LogP contribution < -0.4 is 5.73 Å². The summed E-state index contributed by atoms with van der Waals surface area (Å²) in [6, 6.07) is -1.98. The number of hydrogen-bond donors (Lipinski definition) is 1. The molecule has 0 aliphatic carbocycles. The Morgan fingerprint density at radius 3 is 2.06 bits per heavy atom. The van der Waals surface area contributed by atoms with Crippen molar-refractivity contribution in [1.29, 1.82) is 0 Å². The summed E-state index contributed by atoms with van der Waals surface area (Å²) in [5.74, 6) is -3.47. The molecular formula is C10H15F6NO. The number of halogens is 6. The topological polar surface area (TPSA) is 35.2 Å². The Morgan fingerprint density at radius 1 is 1.11 bits per heavy atom. The van der Waals surface area contributed by atoms with Crippen LogP contribution in [0.3, 0.4) is 0 Å². The van der Waals surface area contributed by atoms with Crippen molar-refractivity contribution in [3.05, 3.63) is 0 Å². The van der Waals surface area contributed by atoms with Gasteiger partial charge in [-0.3, -0.25) is 0 Å². The molecule has 0 saturated carbocycles. The van der Waals surface area contributed by atoms with Gasteiger partial charge in [0.1, 0.15) is 0 Å². The smallest absolute Gasteiger partial charge is 0.378 e. The summed E-state index contributed by atoms with van der Waals surface area (Å²) >= 11 is 0. The van der Waals surface area contributed by atoms with Crippen molar-refractivity contribution in [2.45, 2.75) is 50.2 Å². The highest BCUT2D eigenvalue weighted by molar-refractivity contribution is 4.85. The molecule has 0 aromatic carbocycles. The van der Waals surface area contributed by atoms with E-state index in [1.165, 1.54) is 0 Å². The van der Waals surface area contributed by atoms with Gasteiger partial charge in [0.05, 0.1) is 6.10 Å². The molecule has 2 N–H and O–H groups in total. The highest BCUT2D eigenvalue weighted by Gasteiger charge is 2.59. The van der Waals surface area contributed by atoms with E-state index in [0.717, 1.165) is 6.42 Å². The van der Waals surface area contributed by atoms with Gasteiger partial charge < -0.3 is 10.5 Å². The van der Waals surface area contributed by atoms with Crippen molar-refractivity contribution < 1.29 is 31.1 Å². The summed E-state index contributed by atoms with van der Waals surface area (Å²) in [6.45, 7) is 0.502. The lowest BCUT2D eigenvalue weighted by atomic mass is 9.93. The van der Waals surface area contributed by atoms with Crippen LogP contribution in [0.1, 0.15) is 25.7 Å². The molecule has 18 heavy (non-hydrogen) atoms. The van der Waals surface area contributed by atoms with Gasteiger partial charge in [0, 0.05) is 12.6 Å². The summed E-state index contributed by atoms with van der Waals surface area (Å²) in [5.41, 5.74) is 5.07. The lowest BCUT2D eigenvalue weighted by Crippen LogP contribution is -2.49. The van der Waals surface area contributed by atoms with Crippen LogP contribution in [-0.2, 0) is 4.74 Å². The predicted molar refractivity (Wildman–Crippen MR) is 51.8 cm³/mol. The molecule has 0 radical (unpaired) electrons. The normalized spacial score (nSPS) is 23.7. The summed E-state index contributed by atoms with van der Waals surface area (Å²) in [4.78, 5) is 0. The van der Waals surface area contributed by atoms with E-state index in [9.17, 15) is 26.3 Å². The fourth-order valence-electron chi connectivity index (χ4n) is 2.09. The van der Waals surface area contributed by atoms with E-state index in [4.69, 9.17) is 10.5 Å². The van der Waals surface area contributed by atoms with Crippen molar-refractivity contribution in [2.24, 2.45) is 11.7 Å². The molecule has 1 aliphatic heterocycles. The van der Waals surface area contributed by atoms with E-state index in [1.54, 1.807) is 0 Å². The second-order valence-corrected chi connectivity index (χ2v) is 4.44. The fraction of sp³-hybridized carbons (Fsp3) is 1.00. The molecule has 0 spiro atoms. The van der Waals surface area contributed by atoms with Crippen LogP contribution in [0.25, 0.3) is 0 Å². The second-order valence-electron chi connectivity index (χ2n) is 4.44. The highest BCUT2D eigenvalue weighted by atomic mass is 19.4. The van der Waals surface area contributed by atoms with Gasteiger partial charge in [0.15, 0.2) is 5.92 Å². The summed E-state index contributed by atoms with van der Waals surface area (Å²) in [5, 5.41) is 0.